The van der Waals surface area contributed by atoms with Gasteiger partial charge in [-0.05, 0) is 30.5 Å². The SMILES string of the molecule is CCc1nn(C)cc1NS(=O)(=O)c1cc(CNC)cs1. The van der Waals surface area contributed by atoms with Gasteiger partial charge in [-0.15, -0.1) is 11.3 Å². The van der Waals surface area contributed by atoms with Gasteiger partial charge in [0.15, 0.2) is 0 Å². The number of nitrogens with zero attached hydrogens (tertiary/aromatic N) is 2. The fourth-order valence-electron chi connectivity index (χ4n) is 1.87. The highest BCUT2D eigenvalue weighted by molar-refractivity contribution is 7.94. The minimum Gasteiger partial charge on any atom is -0.316 e. The topological polar surface area (TPSA) is 76.0 Å². The van der Waals surface area contributed by atoms with Gasteiger partial charge in [-0.2, -0.15) is 5.10 Å². The quantitative estimate of drug-likeness (QED) is 0.848. The molecule has 0 aliphatic heterocycles. The number of nitrogens with one attached hydrogen (secondary N) is 2. The Morgan fingerprint density at radius 1 is 1.45 bits per heavy atom. The fourth-order valence-corrected chi connectivity index (χ4v) is 4.15. The molecule has 2 heterocycles. The van der Waals surface area contributed by atoms with Crippen molar-refractivity contribution in [2.75, 3.05) is 11.8 Å². The van der Waals surface area contributed by atoms with Gasteiger partial charge in [-0.3, -0.25) is 9.40 Å². The molecule has 2 aromatic rings. The van der Waals surface area contributed by atoms with Crippen LogP contribution in [-0.4, -0.2) is 25.2 Å². The van der Waals surface area contributed by atoms with Crippen LogP contribution in [0, 0.1) is 0 Å². The summed E-state index contributed by atoms with van der Waals surface area (Å²) in [6.07, 6.45) is 2.35. The maximum atomic E-state index is 12.3. The predicted molar refractivity (Wildman–Crippen MR) is 80.5 cm³/mol. The van der Waals surface area contributed by atoms with Gasteiger partial charge in [-0.25, -0.2) is 8.42 Å². The minimum absolute atomic E-state index is 0.314. The first-order chi connectivity index (χ1) is 9.46. The highest BCUT2D eigenvalue weighted by Gasteiger charge is 2.19. The average molecular weight is 314 g/mol. The zero-order valence-electron chi connectivity index (χ0n) is 11.7. The zero-order valence-corrected chi connectivity index (χ0v) is 13.3. The molecule has 0 unspecified atom stereocenters. The highest BCUT2D eigenvalue weighted by atomic mass is 32.2. The fraction of sp³-hybridized carbons (Fsp3) is 0.417. The third kappa shape index (κ3) is 3.20. The Labute approximate surface area is 122 Å². The number of hydrogen-bond donors (Lipinski definition) is 2. The third-order valence-corrected chi connectivity index (χ3v) is 5.61. The summed E-state index contributed by atoms with van der Waals surface area (Å²) in [4.78, 5) is 0. The molecule has 2 rings (SSSR count). The number of aryl methyl sites for hydroxylation is 2. The summed E-state index contributed by atoms with van der Waals surface area (Å²) in [6.45, 7) is 2.59. The van der Waals surface area contributed by atoms with E-state index in [-0.39, 0.29) is 0 Å². The summed E-state index contributed by atoms with van der Waals surface area (Å²) in [5.74, 6) is 0. The highest BCUT2D eigenvalue weighted by Crippen LogP contribution is 2.24. The molecule has 0 aliphatic rings. The van der Waals surface area contributed by atoms with Crippen molar-refractivity contribution in [3.05, 3.63) is 28.9 Å². The van der Waals surface area contributed by atoms with Crippen molar-refractivity contribution in [3.8, 4) is 0 Å². The summed E-state index contributed by atoms with van der Waals surface area (Å²) in [5, 5.41) is 9.07. The molecule has 8 heteroatoms. The minimum atomic E-state index is -3.54. The van der Waals surface area contributed by atoms with Crippen LogP contribution >= 0.6 is 11.3 Å². The Bertz CT molecular complexity index is 688. The Morgan fingerprint density at radius 2 is 2.20 bits per heavy atom. The van der Waals surface area contributed by atoms with E-state index in [9.17, 15) is 8.42 Å². The monoisotopic (exact) mass is 314 g/mol. The van der Waals surface area contributed by atoms with E-state index < -0.39 is 10.0 Å². The molecule has 0 radical (unpaired) electrons. The van der Waals surface area contributed by atoms with Crippen molar-refractivity contribution in [1.82, 2.24) is 15.1 Å². The second-order valence-corrected chi connectivity index (χ2v) is 7.25. The van der Waals surface area contributed by atoms with E-state index in [1.54, 1.807) is 24.0 Å². The van der Waals surface area contributed by atoms with E-state index in [2.05, 4.69) is 15.1 Å². The van der Waals surface area contributed by atoms with Gasteiger partial charge in [-0.1, -0.05) is 6.92 Å². The van der Waals surface area contributed by atoms with E-state index in [1.165, 1.54) is 11.3 Å². The van der Waals surface area contributed by atoms with Crippen LogP contribution in [0.1, 0.15) is 18.2 Å². The first kappa shape index (κ1) is 15.0. The van der Waals surface area contributed by atoms with Gasteiger partial charge < -0.3 is 5.32 Å². The lowest BCUT2D eigenvalue weighted by atomic mass is 10.3. The number of hydrogen-bond acceptors (Lipinski definition) is 5. The van der Waals surface area contributed by atoms with Gasteiger partial charge in [0.25, 0.3) is 10.0 Å². The molecule has 6 nitrogen and oxygen atoms in total. The lowest BCUT2D eigenvalue weighted by Gasteiger charge is -2.04. The van der Waals surface area contributed by atoms with Crippen molar-refractivity contribution in [3.63, 3.8) is 0 Å². The predicted octanol–water partition coefficient (Wildman–Crippen LogP) is 1.56. The summed E-state index contributed by atoms with van der Waals surface area (Å²) < 4.78 is 29.2. The van der Waals surface area contributed by atoms with Crippen LogP contribution in [0.2, 0.25) is 0 Å². The van der Waals surface area contributed by atoms with Crippen LogP contribution in [0.25, 0.3) is 0 Å². The van der Waals surface area contributed by atoms with Crippen LogP contribution in [0.4, 0.5) is 5.69 Å². The van der Waals surface area contributed by atoms with E-state index in [1.807, 2.05) is 19.4 Å². The van der Waals surface area contributed by atoms with Gasteiger partial charge in [0.1, 0.15) is 4.21 Å². The van der Waals surface area contributed by atoms with Crippen LogP contribution in [0.3, 0.4) is 0 Å². The van der Waals surface area contributed by atoms with E-state index in [4.69, 9.17) is 0 Å². The van der Waals surface area contributed by atoms with Crippen molar-refractivity contribution in [2.24, 2.45) is 7.05 Å². The lowest BCUT2D eigenvalue weighted by Crippen LogP contribution is -2.12. The number of anilines is 1. The molecule has 20 heavy (non-hydrogen) atoms. The molecule has 110 valence electrons. The largest absolute Gasteiger partial charge is 0.316 e. The van der Waals surface area contributed by atoms with Crippen LogP contribution in [0.15, 0.2) is 21.9 Å². The Kier molecular flexibility index (Phi) is 4.46. The van der Waals surface area contributed by atoms with Crippen molar-refractivity contribution < 1.29 is 8.42 Å². The summed E-state index contributed by atoms with van der Waals surface area (Å²) in [7, 11) is 0.0549. The Morgan fingerprint density at radius 3 is 2.85 bits per heavy atom. The second kappa shape index (κ2) is 5.94. The van der Waals surface area contributed by atoms with Crippen molar-refractivity contribution in [2.45, 2.75) is 24.1 Å². The molecule has 0 bridgehead atoms. The molecular weight excluding hydrogens is 296 g/mol. The van der Waals surface area contributed by atoms with Crippen LogP contribution in [0.5, 0.6) is 0 Å². The number of thiophene rings is 1. The third-order valence-electron chi connectivity index (χ3n) is 2.76. The smallest absolute Gasteiger partial charge is 0.271 e. The standard InChI is InChI=1S/C12H18N4O2S2/c1-4-10-11(7-16(3)14-10)15-20(17,18)12-5-9(6-13-2)8-19-12/h5,7-8,13,15H,4,6H2,1-3H3. The number of rotatable bonds is 6. The maximum Gasteiger partial charge on any atom is 0.271 e. The Hall–Kier alpha value is -1.38. The lowest BCUT2D eigenvalue weighted by molar-refractivity contribution is 0.603. The molecule has 0 aromatic carbocycles. The van der Waals surface area contributed by atoms with Gasteiger partial charge in [0.05, 0.1) is 11.4 Å². The molecule has 0 fully saturated rings. The van der Waals surface area contributed by atoms with E-state index in [0.717, 1.165) is 11.3 Å². The molecular formula is C12H18N4O2S2. The average Bonchev–Trinajstić information content (AvgIpc) is 2.96. The van der Waals surface area contributed by atoms with E-state index in [0.29, 0.717) is 22.9 Å². The zero-order chi connectivity index (χ0) is 14.8. The molecule has 0 amide bonds. The molecule has 0 spiro atoms. The molecule has 0 atom stereocenters. The van der Waals surface area contributed by atoms with Gasteiger partial charge >= 0.3 is 0 Å². The summed E-state index contributed by atoms with van der Waals surface area (Å²) in [6, 6.07) is 1.69. The Balaban J connectivity index is 2.25. The van der Waals surface area contributed by atoms with Crippen LogP contribution in [-0.2, 0) is 30.0 Å². The molecule has 0 saturated heterocycles. The first-order valence-electron chi connectivity index (χ1n) is 6.23. The summed E-state index contributed by atoms with van der Waals surface area (Å²) >= 11 is 1.22. The molecule has 2 aromatic heterocycles. The number of sulfonamides is 1. The van der Waals surface area contributed by atoms with Gasteiger partial charge in [0.2, 0.25) is 0 Å². The molecule has 2 N–H and O–H groups in total. The van der Waals surface area contributed by atoms with E-state index >= 15 is 0 Å². The number of aromatic nitrogens is 2. The molecule has 0 aliphatic carbocycles. The maximum absolute atomic E-state index is 12.3. The van der Waals surface area contributed by atoms with Crippen LogP contribution < -0.4 is 10.0 Å². The van der Waals surface area contributed by atoms with Gasteiger partial charge in [0, 0.05) is 19.8 Å². The van der Waals surface area contributed by atoms with Crippen molar-refractivity contribution >= 4 is 27.0 Å². The first-order valence-corrected chi connectivity index (χ1v) is 8.60. The second-order valence-electron chi connectivity index (χ2n) is 4.43. The normalized spacial score (nSPS) is 11.8. The molecule has 0 saturated carbocycles. The van der Waals surface area contributed by atoms with Crippen molar-refractivity contribution in [1.29, 1.82) is 0 Å². The summed E-state index contributed by atoms with van der Waals surface area (Å²) in [5.41, 5.74) is 2.24.